The quantitative estimate of drug-likeness (QED) is 0.675. The number of aryl methyl sites for hydroxylation is 1. The Bertz CT molecular complexity index is 882. The third kappa shape index (κ3) is 4.28. The van der Waals surface area contributed by atoms with E-state index in [0.717, 1.165) is 17.8 Å². The molecule has 3 aromatic rings. The maximum absolute atomic E-state index is 12.8. The molecule has 27 heavy (non-hydrogen) atoms. The number of amides is 1. The molecule has 0 saturated heterocycles. The van der Waals surface area contributed by atoms with Crippen LogP contribution in [0.15, 0.2) is 47.3 Å². The standard InChI is InChI=1S/C21H26N4OS/c1-5-19-18(12-23-25(19)17-8-6-15(2)7-9-17)21(26)22-13-20(24(3)4)16-10-11-27-14-16/h6-12,14,20H,5,13H2,1-4H3,(H,22,26). The molecule has 0 spiro atoms. The van der Waals surface area contributed by atoms with Crippen molar-refractivity contribution in [3.05, 3.63) is 69.7 Å². The van der Waals surface area contributed by atoms with Crippen LogP contribution in [0.1, 0.15) is 40.1 Å². The SMILES string of the molecule is CCc1c(C(=O)NCC(c2ccsc2)N(C)C)cnn1-c1ccc(C)cc1. The van der Waals surface area contributed by atoms with Crippen LogP contribution in [0.25, 0.3) is 5.69 Å². The zero-order valence-corrected chi connectivity index (χ0v) is 17.1. The van der Waals surface area contributed by atoms with Crippen LogP contribution in [-0.2, 0) is 6.42 Å². The Balaban J connectivity index is 1.78. The minimum absolute atomic E-state index is 0.0766. The zero-order valence-electron chi connectivity index (χ0n) is 16.3. The van der Waals surface area contributed by atoms with Gasteiger partial charge in [-0.25, -0.2) is 4.68 Å². The molecule has 6 heteroatoms. The van der Waals surface area contributed by atoms with Gasteiger partial charge in [0.2, 0.25) is 0 Å². The molecule has 1 aromatic carbocycles. The van der Waals surface area contributed by atoms with Crippen molar-refractivity contribution in [3.8, 4) is 5.69 Å². The van der Waals surface area contributed by atoms with Gasteiger partial charge in [-0.15, -0.1) is 0 Å². The maximum Gasteiger partial charge on any atom is 0.254 e. The summed E-state index contributed by atoms with van der Waals surface area (Å²) in [4.78, 5) is 15.0. The Morgan fingerprint density at radius 1 is 1.26 bits per heavy atom. The number of rotatable bonds is 7. The molecular weight excluding hydrogens is 356 g/mol. The number of nitrogens with zero attached hydrogens (tertiary/aromatic N) is 3. The molecule has 2 aromatic heterocycles. The van der Waals surface area contributed by atoms with Gasteiger partial charge in [-0.1, -0.05) is 24.6 Å². The second kappa shape index (κ2) is 8.50. The number of thiophene rings is 1. The summed E-state index contributed by atoms with van der Waals surface area (Å²) in [5.74, 6) is -0.0766. The van der Waals surface area contributed by atoms with Crippen LogP contribution in [0, 0.1) is 6.92 Å². The largest absolute Gasteiger partial charge is 0.350 e. The number of benzene rings is 1. The lowest BCUT2D eigenvalue weighted by Gasteiger charge is -2.24. The molecule has 0 bridgehead atoms. The third-order valence-corrected chi connectivity index (χ3v) is 5.44. The van der Waals surface area contributed by atoms with Crippen LogP contribution >= 0.6 is 11.3 Å². The van der Waals surface area contributed by atoms with Crippen molar-refractivity contribution in [3.63, 3.8) is 0 Å². The van der Waals surface area contributed by atoms with Gasteiger partial charge in [0.15, 0.2) is 0 Å². The molecular formula is C21H26N4OS. The van der Waals surface area contributed by atoms with Crippen LogP contribution in [-0.4, -0.2) is 41.2 Å². The molecule has 1 amide bonds. The molecule has 5 nitrogen and oxygen atoms in total. The Kier molecular flexibility index (Phi) is 6.08. The molecule has 0 aliphatic carbocycles. The highest BCUT2D eigenvalue weighted by atomic mass is 32.1. The fourth-order valence-corrected chi connectivity index (χ4v) is 3.87. The van der Waals surface area contributed by atoms with Crippen molar-refractivity contribution < 1.29 is 4.79 Å². The summed E-state index contributed by atoms with van der Waals surface area (Å²) < 4.78 is 1.86. The average Bonchev–Trinajstić information content (AvgIpc) is 3.31. The van der Waals surface area contributed by atoms with Gasteiger partial charge in [0.05, 0.1) is 29.2 Å². The number of hydrogen-bond donors (Lipinski definition) is 1. The van der Waals surface area contributed by atoms with E-state index in [4.69, 9.17) is 0 Å². The van der Waals surface area contributed by atoms with Crippen LogP contribution in [0.2, 0.25) is 0 Å². The minimum Gasteiger partial charge on any atom is -0.350 e. The molecule has 3 rings (SSSR count). The lowest BCUT2D eigenvalue weighted by molar-refractivity contribution is 0.0941. The summed E-state index contributed by atoms with van der Waals surface area (Å²) in [6, 6.07) is 10.4. The maximum atomic E-state index is 12.8. The van der Waals surface area contributed by atoms with Crippen molar-refractivity contribution >= 4 is 17.2 Å². The smallest absolute Gasteiger partial charge is 0.254 e. The summed E-state index contributed by atoms with van der Waals surface area (Å²) in [6.45, 7) is 4.66. The van der Waals surface area contributed by atoms with E-state index in [1.54, 1.807) is 17.5 Å². The first-order valence-electron chi connectivity index (χ1n) is 9.12. The molecule has 0 aliphatic heterocycles. The topological polar surface area (TPSA) is 50.2 Å². The lowest BCUT2D eigenvalue weighted by Crippen LogP contribution is -2.34. The third-order valence-electron chi connectivity index (χ3n) is 4.73. The Morgan fingerprint density at radius 2 is 2.00 bits per heavy atom. The van der Waals surface area contributed by atoms with Crippen molar-refractivity contribution in [1.29, 1.82) is 0 Å². The van der Waals surface area contributed by atoms with E-state index < -0.39 is 0 Å². The van der Waals surface area contributed by atoms with Crippen molar-refractivity contribution in [2.75, 3.05) is 20.6 Å². The molecule has 1 atom stereocenters. The number of carbonyl (C=O) groups is 1. The number of nitrogens with one attached hydrogen (secondary N) is 1. The molecule has 2 heterocycles. The second-order valence-corrected chi connectivity index (χ2v) is 7.63. The van der Waals surface area contributed by atoms with E-state index in [1.807, 2.05) is 37.8 Å². The first-order chi connectivity index (χ1) is 13.0. The van der Waals surface area contributed by atoms with E-state index in [1.165, 1.54) is 11.1 Å². The van der Waals surface area contributed by atoms with Gasteiger partial charge in [-0.2, -0.15) is 16.4 Å². The Morgan fingerprint density at radius 3 is 2.59 bits per heavy atom. The Labute approximate surface area is 164 Å². The highest BCUT2D eigenvalue weighted by Gasteiger charge is 2.20. The average molecular weight is 383 g/mol. The molecule has 1 unspecified atom stereocenters. The first-order valence-corrected chi connectivity index (χ1v) is 10.1. The molecule has 0 radical (unpaired) electrons. The minimum atomic E-state index is -0.0766. The van der Waals surface area contributed by atoms with Crippen LogP contribution < -0.4 is 5.32 Å². The van der Waals surface area contributed by atoms with Crippen LogP contribution in [0.3, 0.4) is 0 Å². The fraction of sp³-hybridized carbons (Fsp3) is 0.333. The van der Waals surface area contributed by atoms with E-state index >= 15 is 0 Å². The lowest BCUT2D eigenvalue weighted by atomic mass is 10.1. The van der Waals surface area contributed by atoms with E-state index in [0.29, 0.717) is 12.1 Å². The monoisotopic (exact) mass is 382 g/mol. The predicted octanol–water partition coefficient (Wildman–Crippen LogP) is 3.84. The molecule has 142 valence electrons. The van der Waals surface area contributed by atoms with Gasteiger partial charge in [0, 0.05) is 6.54 Å². The summed E-state index contributed by atoms with van der Waals surface area (Å²) in [7, 11) is 4.06. The van der Waals surface area contributed by atoms with E-state index in [-0.39, 0.29) is 11.9 Å². The Hall–Kier alpha value is -2.44. The first kappa shape index (κ1) is 19.3. The van der Waals surface area contributed by atoms with Gasteiger partial charge in [0.25, 0.3) is 5.91 Å². The van der Waals surface area contributed by atoms with E-state index in [2.05, 4.69) is 51.2 Å². The van der Waals surface area contributed by atoms with Crippen molar-refractivity contribution in [1.82, 2.24) is 20.0 Å². The van der Waals surface area contributed by atoms with Gasteiger partial charge in [0.1, 0.15) is 0 Å². The number of aromatic nitrogens is 2. The molecule has 0 fully saturated rings. The summed E-state index contributed by atoms with van der Waals surface area (Å²) in [5.41, 5.74) is 4.96. The molecule has 1 N–H and O–H groups in total. The van der Waals surface area contributed by atoms with Crippen molar-refractivity contribution in [2.45, 2.75) is 26.3 Å². The molecule has 0 saturated carbocycles. The fourth-order valence-electron chi connectivity index (χ4n) is 3.16. The van der Waals surface area contributed by atoms with Crippen LogP contribution in [0.4, 0.5) is 0 Å². The van der Waals surface area contributed by atoms with E-state index in [9.17, 15) is 4.79 Å². The number of carbonyl (C=O) groups excluding carboxylic acids is 1. The summed E-state index contributed by atoms with van der Waals surface area (Å²) >= 11 is 1.67. The van der Waals surface area contributed by atoms with Gasteiger partial charge < -0.3 is 10.2 Å². The molecule has 0 aliphatic rings. The van der Waals surface area contributed by atoms with Crippen LogP contribution in [0.5, 0.6) is 0 Å². The normalized spacial score (nSPS) is 12.3. The highest BCUT2D eigenvalue weighted by molar-refractivity contribution is 7.07. The zero-order chi connectivity index (χ0) is 19.4. The van der Waals surface area contributed by atoms with Gasteiger partial charge in [-0.05, 0) is 62.0 Å². The number of hydrogen-bond acceptors (Lipinski definition) is 4. The summed E-state index contributed by atoms with van der Waals surface area (Å²) in [5, 5.41) is 11.7. The predicted molar refractivity (Wildman–Crippen MR) is 111 cm³/mol. The number of likely N-dealkylation sites (N-methyl/N-ethyl adjacent to an activating group) is 1. The second-order valence-electron chi connectivity index (χ2n) is 6.85. The van der Waals surface area contributed by atoms with Crippen molar-refractivity contribution in [2.24, 2.45) is 0 Å². The highest BCUT2D eigenvalue weighted by Crippen LogP contribution is 2.21. The van der Waals surface area contributed by atoms with Gasteiger partial charge >= 0.3 is 0 Å². The van der Waals surface area contributed by atoms with Gasteiger partial charge in [-0.3, -0.25) is 4.79 Å². The summed E-state index contributed by atoms with van der Waals surface area (Å²) in [6.07, 6.45) is 2.40.